The van der Waals surface area contributed by atoms with E-state index in [0.717, 1.165) is 5.56 Å². The van der Waals surface area contributed by atoms with Crippen LogP contribution in [0.25, 0.3) is 10.9 Å². The molecule has 0 spiro atoms. The number of piperazine rings is 1. The van der Waals surface area contributed by atoms with Crippen LogP contribution < -0.4 is 0 Å². The number of para-hydroxylation sites is 1. The van der Waals surface area contributed by atoms with E-state index in [1.165, 1.54) is 4.57 Å². The van der Waals surface area contributed by atoms with E-state index in [2.05, 4.69) is 4.98 Å². The Labute approximate surface area is 207 Å². The number of benzene rings is 2. The Hall–Kier alpha value is -3.97. The van der Waals surface area contributed by atoms with E-state index in [1.54, 1.807) is 52.5 Å². The SMILES string of the molecule is O=C(Cc1ccc(Cl)cc1)N1CCN(C(=O)c2cn(C(=O)c3ccccn3)c3ccccc23)CC1. The fourth-order valence-electron chi connectivity index (χ4n) is 4.35. The van der Waals surface area contributed by atoms with Crippen molar-refractivity contribution < 1.29 is 14.4 Å². The lowest BCUT2D eigenvalue weighted by atomic mass is 10.1. The van der Waals surface area contributed by atoms with Crippen molar-refractivity contribution in [2.45, 2.75) is 6.42 Å². The van der Waals surface area contributed by atoms with Gasteiger partial charge in [0.1, 0.15) is 5.69 Å². The number of carbonyl (C=O) groups excluding carboxylic acids is 3. The van der Waals surface area contributed by atoms with E-state index in [4.69, 9.17) is 11.6 Å². The Bertz CT molecular complexity index is 1390. The Balaban J connectivity index is 1.31. The molecule has 8 heteroatoms. The molecule has 0 saturated carbocycles. The van der Waals surface area contributed by atoms with Gasteiger partial charge in [0, 0.05) is 49.0 Å². The van der Waals surface area contributed by atoms with E-state index in [0.29, 0.717) is 59.8 Å². The van der Waals surface area contributed by atoms with Gasteiger partial charge in [-0.2, -0.15) is 0 Å². The smallest absolute Gasteiger partial charge is 0.280 e. The minimum Gasteiger partial charge on any atom is -0.339 e. The van der Waals surface area contributed by atoms with Crippen molar-refractivity contribution in [3.8, 4) is 0 Å². The van der Waals surface area contributed by atoms with Crippen LogP contribution in [0.4, 0.5) is 0 Å². The summed E-state index contributed by atoms with van der Waals surface area (Å²) in [7, 11) is 0. The third-order valence-electron chi connectivity index (χ3n) is 6.23. The zero-order chi connectivity index (χ0) is 24.4. The first-order valence-corrected chi connectivity index (χ1v) is 11.8. The number of aromatic nitrogens is 2. The maximum absolute atomic E-state index is 13.5. The normalized spacial score (nSPS) is 13.7. The summed E-state index contributed by atoms with van der Waals surface area (Å²) in [4.78, 5) is 46.9. The van der Waals surface area contributed by atoms with Crippen molar-refractivity contribution in [2.24, 2.45) is 0 Å². The van der Waals surface area contributed by atoms with Crippen molar-refractivity contribution in [3.05, 3.63) is 101 Å². The highest BCUT2D eigenvalue weighted by Crippen LogP contribution is 2.24. The van der Waals surface area contributed by atoms with Crippen LogP contribution in [0.15, 0.2) is 79.1 Å². The standard InChI is InChI=1S/C27H23ClN4O3/c28-20-10-8-19(9-11-20)17-25(33)30-13-15-31(16-14-30)26(34)22-18-32(24-7-2-1-5-21(22)24)27(35)23-6-3-4-12-29-23/h1-12,18H,13-17H2. The second kappa shape index (κ2) is 9.72. The minimum absolute atomic E-state index is 0.0250. The molecule has 1 aliphatic rings. The predicted molar refractivity (Wildman–Crippen MR) is 134 cm³/mol. The Kier molecular flexibility index (Phi) is 6.33. The molecule has 0 N–H and O–H groups in total. The van der Waals surface area contributed by atoms with E-state index < -0.39 is 0 Å². The molecule has 0 bridgehead atoms. The molecule has 0 radical (unpaired) electrons. The molecule has 4 aromatic rings. The maximum Gasteiger partial charge on any atom is 0.280 e. The third-order valence-corrected chi connectivity index (χ3v) is 6.49. The largest absolute Gasteiger partial charge is 0.339 e. The van der Waals surface area contributed by atoms with Gasteiger partial charge in [0.25, 0.3) is 11.8 Å². The van der Waals surface area contributed by atoms with Crippen LogP contribution in [-0.2, 0) is 11.2 Å². The number of carbonyl (C=O) groups is 3. The first-order chi connectivity index (χ1) is 17.0. The summed E-state index contributed by atoms with van der Waals surface area (Å²) in [6.45, 7) is 1.78. The molecule has 0 unspecified atom stereocenters. The van der Waals surface area contributed by atoms with Gasteiger partial charge in [-0.3, -0.25) is 23.9 Å². The van der Waals surface area contributed by atoms with Gasteiger partial charge < -0.3 is 9.80 Å². The summed E-state index contributed by atoms with van der Waals surface area (Å²) in [5.41, 5.74) is 2.33. The molecule has 7 nitrogen and oxygen atoms in total. The fraction of sp³-hybridized carbons (Fsp3) is 0.185. The topological polar surface area (TPSA) is 75.5 Å². The van der Waals surface area contributed by atoms with Crippen molar-refractivity contribution in [1.82, 2.24) is 19.4 Å². The van der Waals surface area contributed by atoms with Crippen LogP contribution in [0.3, 0.4) is 0 Å². The lowest BCUT2D eigenvalue weighted by Crippen LogP contribution is -2.51. The molecule has 2 amide bonds. The second-order valence-electron chi connectivity index (χ2n) is 8.43. The van der Waals surface area contributed by atoms with E-state index in [-0.39, 0.29) is 17.7 Å². The summed E-state index contributed by atoms with van der Waals surface area (Å²) in [5.74, 6) is -0.422. The predicted octanol–water partition coefficient (Wildman–Crippen LogP) is 3.91. The monoisotopic (exact) mass is 486 g/mol. The summed E-state index contributed by atoms with van der Waals surface area (Å²) in [6, 6.07) is 19.8. The number of nitrogens with zero attached hydrogens (tertiary/aromatic N) is 4. The molecule has 0 aliphatic carbocycles. The highest BCUT2D eigenvalue weighted by atomic mass is 35.5. The van der Waals surface area contributed by atoms with Crippen LogP contribution in [-0.4, -0.2) is 63.3 Å². The van der Waals surface area contributed by atoms with Gasteiger partial charge in [-0.1, -0.05) is 48.0 Å². The van der Waals surface area contributed by atoms with Crippen molar-refractivity contribution >= 4 is 40.2 Å². The summed E-state index contributed by atoms with van der Waals surface area (Å²) in [5, 5.41) is 1.35. The summed E-state index contributed by atoms with van der Waals surface area (Å²) in [6.07, 6.45) is 3.47. The van der Waals surface area contributed by atoms with Crippen LogP contribution in [0.2, 0.25) is 5.02 Å². The van der Waals surface area contributed by atoms with Gasteiger partial charge in [0.2, 0.25) is 5.91 Å². The molecule has 1 fully saturated rings. The highest BCUT2D eigenvalue weighted by Gasteiger charge is 2.28. The van der Waals surface area contributed by atoms with Gasteiger partial charge in [0.05, 0.1) is 17.5 Å². The lowest BCUT2D eigenvalue weighted by molar-refractivity contribution is -0.131. The van der Waals surface area contributed by atoms with E-state index in [9.17, 15) is 14.4 Å². The number of hydrogen-bond acceptors (Lipinski definition) is 4. The van der Waals surface area contributed by atoms with Gasteiger partial charge in [0.15, 0.2) is 0 Å². The molecule has 2 aromatic heterocycles. The van der Waals surface area contributed by atoms with Gasteiger partial charge in [-0.25, -0.2) is 0 Å². The highest BCUT2D eigenvalue weighted by molar-refractivity contribution is 6.30. The number of rotatable bonds is 4. The first-order valence-electron chi connectivity index (χ1n) is 11.4. The zero-order valence-corrected chi connectivity index (χ0v) is 19.7. The molecule has 3 heterocycles. The molecular formula is C27H23ClN4O3. The van der Waals surface area contributed by atoms with E-state index >= 15 is 0 Å². The molecule has 0 atom stereocenters. The molecule has 35 heavy (non-hydrogen) atoms. The van der Waals surface area contributed by atoms with Crippen molar-refractivity contribution in [2.75, 3.05) is 26.2 Å². The number of hydrogen-bond donors (Lipinski definition) is 0. The Morgan fingerprint density at radius 3 is 2.20 bits per heavy atom. The first kappa shape index (κ1) is 22.8. The van der Waals surface area contributed by atoms with Gasteiger partial charge in [-0.05, 0) is 35.9 Å². The fourth-order valence-corrected chi connectivity index (χ4v) is 4.47. The number of halogens is 1. The molecule has 1 saturated heterocycles. The Morgan fingerprint density at radius 1 is 0.800 bits per heavy atom. The number of fused-ring (bicyclic) bond motifs is 1. The van der Waals surface area contributed by atoms with E-state index in [1.807, 2.05) is 36.4 Å². The molecular weight excluding hydrogens is 464 g/mol. The molecule has 176 valence electrons. The average Bonchev–Trinajstić information content (AvgIpc) is 3.29. The zero-order valence-electron chi connectivity index (χ0n) is 18.9. The lowest BCUT2D eigenvalue weighted by Gasteiger charge is -2.34. The summed E-state index contributed by atoms with van der Waals surface area (Å²) < 4.78 is 1.48. The summed E-state index contributed by atoms with van der Waals surface area (Å²) >= 11 is 5.92. The van der Waals surface area contributed by atoms with Gasteiger partial charge in [-0.15, -0.1) is 0 Å². The van der Waals surface area contributed by atoms with Crippen LogP contribution in [0.5, 0.6) is 0 Å². The van der Waals surface area contributed by atoms with Crippen molar-refractivity contribution in [1.29, 1.82) is 0 Å². The molecule has 2 aromatic carbocycles. The number of pyridine rings is 1. The van der Waals surface area contributed by atoms with Crippen LogP contribution in [0, 0.1) is 0 Å². The average molecular weight is 487 g/mol. The van der Waals surface area contributed by atoms with Crippen LogP contribution >= 0.6 is 11.6 Å². The van der Waals surface area contributed by atoms with Gasteiger partial charge >= 0.3 is 0 Å². The molecule has 1 aliphatic heterocycles. The number of amides is 2. The quantitative estimate of drug-likeness (QED) is 0.438. The van der Waals surface area contributed by atoms with Crippen molar-refractivity contribution in [3.63, 3.8) is 0 Å². The third kappa shape index (κ3) is 4.68. The Morgan fingerprint density at radius 2 is 1.49 bits per heavy atom. The second-order valence-corrected chi connectivity index (χ2v) is 8.86. The minimum atomic E-state index is -0.293. The maximum atomic E-state index is 13.5. The van der Waals surface area contributed by atoms with Crippen LogP contribution in [0.1, 0.15) is 26.4 Å². The molecule has 5 rings (SSSR count).